The van der Waals surface area contributed by atoms with Gasteiger partial charge in [-0.25, -0.2) is 9.59 Å². The molecule has 0 spiro atoms. The van der Waals surface area contributed by atoms with Crippen molar-refractivity contribution in [2.24, 2.45) is 0 Å². The van der Waals surface area contributed by atoms with E-state index in [0.717, 1.165) is 38.5 Å². The first-order chi connectivity index (χ1) is 15.2. The number of carbonyl (C=O) groups excluding carboxylic acids is 2. The Bertz CT molecular complexity index is 776. The van der Waals surface area contributed by atoms with E-state index in [2.05, 4.69) is 55.4 Å². The van der Waals surface area contributed by atoms with E-state index in [4.69, 9.17) is 9.68 Å². The van der Waals surface area contributed by atoms with E-state index < -0.39 is 17.9 Å². The largest absolute Gasteiger partial charge is 0.366 e. The molecule has 0 radical (unpaired) electrons. The van der Waals surface area contributed by atoms with Crippen molar-refractivity contribution in [3.8, 4) is 0 Å². The molecule has 33 heavy (non-hydrogen) atoms. The van der Waals surface area contributed by atoms with Crippen LogP contribution in [0.25, 0.3) is 0 Å². The Labute approximate surface area is 199 Å². The number of rotatable bonds is 5. The molecule has 2 fully saturated rings. The van der Waals surface area contributed by atoms with E-state index in [1.165, 1.54) is 0 Å². The summed E-state index contributed by atoms with van der Waals surface area (Å²) in [5.41, 5.74) is -0.704. The zero-order valence-corrected chi connectivity index (χ0v) is 21.7. The fraction of sp³-hybridized carbons (Fsp3) is 0.704. The molecule has 184 valence electrons. The Morgan fingerprint density at radius 2 is 1.00 bits per heavy atom. The topological polar surface area (TPSA) is 59.1 Å². The van der Waals surface area contributed by atoms with E-state index >= 15 is 0 Å². The lowest BCUT2D eigenvalue weighted by molar-refractivity contribution is -0.276. The molecule has 2 aliphatic rings. The van der Waals surface area contributed by atoms with Crippen molar-refractivity contribution < 1.29 is 19.3 Å². The lowest BCUT2D eigenvalue weighted by atomic mass is 9.82. The lowest BCUT2D eigenvalue weighted by Crippen LogP contribution is -2.60. The molecule has 0 atom stereocenters. The van der Waals surface area contributed by atoms with Crippen molar-refractivity contribution in [2.75, 3.05) is 0 Å². The molecule has 0 amide bonds. The van der Waals surface area contributed by atoms with Crippen LogP contribution in [0.15, 0.2) is 30.3 Å². The molecule has 0 N–H and O–H groups in total. The quantitative estimate of drug-likeness (QED) is 0.522. The summed E-state index contributed by atoms with van der Waals surface area (Å²) >= 11 is 0. The molecule has 3 rings (SSSR count). The number of hydrogen-bond donors (Lipinski definition) is 0. The van der Waals surface area contributed by atoms with Crippen molar-refractivity contribution in [3.05, 3.63) is 35.9 Å². The highest BCUT2D eigenvalue weighted by molar-refractivity contribution is 6.00. The van der Waals surface area contributed by atoms with Gasteiger partial charge in [-0.2, -0.15) is 0 Å². The molecule has 6 nitrogen and oxygen atoms in total. The van der Waals surface area contributed by atoms with E-state index in [1.807, 2.05) is 18.2 Å². The number of benzene rings is 1. The summed E-state index contributed by atoms with van der Waals surface area (Å²) in [6.45, 7) is 16.6. The van der Waals surface area contributed by atoms with E-state index in [1.54, 1.807) is 22.3 Å². The summed E-state index contributed by atoms with van der Waals surface area (Å²) in [6, 6.07) is 9.09. The molecule has 2 saturated heterocycles. The standard InChI is InChI=1S/C27H42N2O4/c1-24(2)16-12-17-25(3,4)28(24)32-22(30)21(20-14-10-9-11-15-20)23(31)33-29-26(5,6)18-13-19-27(29,7)8/h9-11,14-15,21H,12-13,16-19H2,1-8H3. The van der Waals surface area contributed by atoms with E-state index in [-0.39, 0.29) is 22.2 Å². The van der Waals surface area contributed by atoms with Crippen LogP contribution in [-0.4, -0.2) is 44.2 Å². The van der Waals surface area contributed by atoms with Crippen molar-refractivity contribution in [3.63, 3.8) is 0 Å². The lowest BCUT2D eigenvalue weighted by Gasteiger charge is -2.51. The maximum Gasteiger partial charge on any atom is 0.343 e. The smallest absolute Gasteiger partial charge is 0.343 e. The first-order valence-corrected chi connectivity index (χ1v) is 12.3. The Morgan fingerprint density at radius 3 is 1.33 bits per heavy atom. The number of piperidine rings is 2. The van der Waals surface area contributed by atoms with Crippen LogP contribution in [0.3, 0.4) is 0 Å². The average molecular weight is 459 g/mol. The van der Waals surface area contributed by atoms with Gasteiger partial charge in [0.2, 0.25) is 0 Å². The van der Waals surface area contributed by atoms with Gasteiger partial charge in [0.15, 0.2) is 5.92 Å². The minimum Gasteiger partial charge on any atom is -0.366 e. The molecular weight excluding hydrogens is 416 g/mol. The van der Waals surface area contributed by atoms with Gasteiger partial charge >= 0.3 is 11.9 Å². The second-order valence-electron chi connectivity index (χ2n) is 12.2. The summed E-state index contributed by atoms with van der Waals surface area (Å²) in [5, 5.41) is 3.59. The van der Waals surface area contributed by atoms with Gasteiger partial charge in [0.1, 0.15) is 0 Å². The Balaban J connectivity index is 1.91. The molecule has 0 aromatic heterocycles. The van der Waals surface area contributed by atoms with Crippen molar-refractivity contribution in [2.45, 2.75) is 122 Å². The summed E-state index contributed by atoms with van der Waals surface area (Å²) in [6.07, 6.45) is 5.80. The SMILES string of the molecule is CC1(C)CCCC(C)(C)N1OC(=O)C(C(=O)ON1C(C)(C)CCCC1(C)C)c1ccccc1. The first-order valence-electron chi connectivity index (χ1n) is 12.3. The predicted molar refractivity (Wildman–Crippen MR) is 129 cm³/mol. The van der Waals surface area contributed by atoms with Crippen molar-refractivity contribution in [1.82, 2.24) is 10.1 Å². The first kappa shape index (κ1) is 25.7. The highest BCUT2D eigenvalue weighted by Gasteiger charge is 2.48. The molecule has 6 heteroatoms. The Morgan fingerprint density at radius 1 is 0.667 bits per heavy atom. The van der Waals surface area contributed by atoms with Gasteiger partial charge in [-0.05, 0) is 99.5 Å². The third-order valence-electron chi connectivity index (χ3n) is 7.32. The van der Waals surface area contributed by atoms with Gasteiger partial charge < -0.3 is 9.68 Å². The maximum absolute atomic E-state index is 13.6. The minimum atomic E-state index is -1.16. The minimum absolute atomic E-state index is 0.320. The molecular formula is C27H42N2O4. The van der Waals surface area contributed by atoms with Crippen molar-refractivity contribution in [1.29, 1.82) is 0 Å². The van der Waals surface area contributed by atoms with Crippen LogP contribution in [0, 0.1) is 0 Å². The summed E-state index contributed by atoms with van der Waals surface area (Å²) in [5.74, 6) is -2.35. The van der Waals surface area contributed by atoms with Crippen LogP contribution in [0.1, 0.15) is 105 Å². The summed E-state index contributed by atoms with van der Waals surface area (Å²) in [4.78, 5) is 39.3. The number of hydroxylamine groups is 4. The number of nitrogens with zero attached hydrogens (tertiary/aromatic N) is 2. The molecule has 2 heterocycles. The maximum atomic E-state index is 13.6. The van der Waals surface area contributed by atoms with E-state index in [9.17, 15) is 9.59 Å². The molecule has 0 aliphatic carbocycles. The number of carbonyl (C=O) groups is 2. The molecule has 0 saturated carbocycles. The summed E-state index contributed by atoms with van der Waals surface area (Å²) < 4.78 is 0. The van der Waals surface area contributed by atoms with E-state index in [0.29, 0.717) is 5.56 Å². The van der Waals surface area contributed by atoms with Crippen LogP contribution in [0.5, 0.6) is 0 Å². The second kappa shape index (κ2) is 9.03. The monoisotopic (exact) mass is 458 g/mol. The van der Waals surface area contributed by atoms with Crippen LogP contribution in [-0.2, 0) is 19.3 Å². The van der Waals surface area contributed by atoms with Gasteiger partial charge in [0.05, 0.1) is 22.2 Å². The van der Waals surface area contributed by atoms with Gasteiger partial charge in [-0.1, -0.05) is 30.3 Å². The Hall–Kier alpha value is -1.92. The van der Waals surface area contributed by atoms with Gasteiger partial charge in [0.25, 0.3) is 0 Å². The molecule has 0 bridgehead atoms. The molecule has 1 aromatic rings. The fourth-order valence-electron chi connectivity index (χ4n) is 5.75. The highest BCUT2D eigenvalue weighted by atomic mass is 16.7. The van der Waals surface area contributed by atoms with Crippen molar-refractivity contribution >= 4 is 11.9 Å². The third kappa shape index (κ3) is 5.43. The van der Waals surface area contributed by atoms with Crippen LogP contribution in [0.4, 0.5) is 0 Å². The molecule has 0 unspecified atom stereocenters. The summed E-state index contributed by atoms with van der Waals surface area (Å²) in [7, 11) is 0. The van der Waals surface area contributed by atoms with Gasteiger partial charge in [-0.15, -0.1) is 10.1 Å². The molecule has 1 aromatic carbocycles. The average Bonchev–Trinajstić information content (AvgIpc) is 2.68. The van der Waals surface area contributed by atoms with Gasteiger partial charge in [-0.3, -0.25) is 0 Å². The van der Waals surface area contributed by atoms with Crippen LogP contribution in [0.2, 0.25) is 0 Å². The number of hydrogen-bond acceptors (Lipinski definition) is 6. The normalized spacial score (nSPS) is 24.3. The fourth-order valence-corrected chi connectivity index (χ4v) is 5.75. The zero-order chi connectivity index (χ0) is 24.7. The highest BCUT2D eigenvalue weighted by Crippen LogP contribution is 2.41. The predicted octanol–water partition coefficient (Wildman–Crippen LogP) is 5.77. The van der Waals surface area contributed by atoms with Crippen LogP contribution >= 0.6 is 0 Å². The Kier molecular flexibility index (Phi) is 7.03. The third-order valence-corrected chi connectivity index (χ3v) is 7.32. The van der Waals surface area contributed by atoms with Crippen LogP contribution < -0.4 is 0 Å². The second-order valence-corrected chi connectivity index (χ2v) is 12.2. The van der Waals surface area contributed by atoms with Gasteiger partial charge in [0, 0.05) is 0 Å². The zero-order valence-electron chi connectivity index (χ0n) is 21.7. The molecule has 2 aliphatic heterocycles.